The van der Waals surface area contributed by atoms with Gasteiger partial charge < -0.3 is 8.98 Å². The van der Waals surface area contributed by atoms with Crippen molar-refractivity contribution in [1.29, 1.82) is 0 Å². The fraction of sp³-hybridized carbons (Fsp3) is 0. The molecule has 0 saturated carbocycles. The zero-order chi connectivity index (χ0) is 35.6. The molecule has 0 saturated heterocycles. The van der Waals surface area contributed by atoms with Gasteiger partial charge in [-0.25, -0.2) is 15.0 Å². The van der Waals surface area contributed by atoms with Crippen LogP contribution in [0.25, 0.3) is 105 Å². The van der Waals surface area contributed by atoms with E-state index in [1.807, 2.05) is 60.7 Å². The molecule has 5 heteroatoms. The van der Waals surface area contributed by atoms with Gasteiger partial charge in [0.05, 0.1) is 16.6 Å². The fourth-order valence-corrected chi connectivity index (χ4v) is 7.87. The van der Waals surface area contributed by atoms with Crippen molar-refractivity contribution < 1.29 is 4.42 Å². The van der Waals surface area contributed by atoms with Gasteiger partial charge in [-0.2, -0.15) is 0 Å². The standard InChI is InChI=1S/C49H30N4O/c1-3-14-33(15-4-1)47-50-48(34-16-5-2-6-17-34)52-49(51-47)42-30-35(29-41-40-28-25-32-13-7-8-18-37(32)45(40)54-46(41)42)31-23-26-36(27-24-31)53-43-21-11-9-19-38(43)39-20-10-12-22-44(39)53/h1-30H. The van der Waals surface area contributed by atoms with E-state index in [0.29, 0.717) is 17.5 Å². The minimum Gasteiger partial charge on any atom is -0.455 e. The van der Waals surface area contributed by atoms with Crippen LogP contribution in [0.5, 0.6) is 0 Å². The first kappa shape index (κ1) is 30.3. The number of hydrogen-bond donors (Lipinski definition) is 0. The van der Waals surface area contributed by atoms with Crippen LogP contribution >= 0.6 is 0 Å². The minimum atomic E-state index is 0.555. The lowest BCUT2D eigenvalue weighted by atomic mass is 9.98. The number of nitrogens with zero attached hydrogens (tertiary/aromatic N) is 4. The van der Waals surface area contributed by atoms with Crippen LogP contribution < -0.4 is 0 Å². The first-order valence-electron chi connectivity index (χ1n) is 18.1. The molecule has 3 aromatic heterocycles. The van der Waals surface area contributed by atoms with Crippen molar-refractivity contribution in [3.8, 4) is 51.0 Å². The summed E-state index contributed by atoms with van der Waals surface area (Å²) in [5.41, 5.74) is 9.85. The first-order chi connectivity index (χ1) is 26.8. The van der Waals surface area contributed by atoms with Gasteiger partial charge in [0.2, 0.25) is 0 Å². The average Bonchev–Trinajstić information content (AvgIpc) is 3.80. The van der Waals surface area contributed by atoms with Crippen molar-refractivity contribution in [3.05, 3.63) is 182 Å². The summed E-state index contributed by atoms with van der Waals surface area (Å²) >= 11 is 0. The Morgan fingerprint density at radius 2 is 0.907 bits per heavy atom. The van der Waals surface area contributed by atoms with E-state index in [1.165, 1.54) is 21.8 Å². The highest BCUT2D eigenvalue weighted by Gasteiger charge is 2.21. The largest absolute Gasteiger partial charge is 0.455 e. The lowest BCUT2D eigenvalue weighted by Gasteiger charge is -2.12. The van der Waals surface area contributed by atoms with Crippen molar-refractivity contribution in [2.75, 3.05) is 0 Å². The lowest BCUT2D eigenvalue weighted by Crippen LogP contribution is -2.00. The normalized spacial score (nSPS) is 11.7. The summed E-state index contributed by atoms with van der Waals surface area (Å²) < 4.78 is 9.23. The molecule has 8 aromatic carbocycles. The Bertz CT molecular complexity index is 3090. The van der Waals surface area contributed by atoms with Crippen LogP contribution in [0, 0.1) is 0 Å². The smallest absolute Gasteiger partial charge is 0.167 e. The number of furan rings is 1. The fourth-order valence-electron chi connectivity index (χ4n) is 7.87. The molecule has 0 fully saturated rings. The van der Waals surface area contributed by atoms with Gasteiger partial charge in [-0.15, -0.1) is 0 Å². The van der Waals surface area contributed by atoms with Crippen LogP contribution in [0.3, 0.4) is 0 Å². The van der Waals surface area contributed by atoms with E-state index in [4.69, 9.17) is 19.4 Å². The molecule has 0 aliphatic rings. The van der Waals surface area contributed by atoms with Crippen LogP contribution in [-0.4, -0.2) is 19.5 Å². The third-order valence-electron chi connectivity index (χ3n) is 10.4. The summed E-state index contributed by atoms with van der Waals surface area (Å²) in [5.74, 6) is 1.77. The van der Waals surface area contributed by atoms with E-state index in [9.17, 15) is 0 Å². The molecule has 0 amide bonds. The molecule has 0 aliphatic carbocycles. The highest BCUT2D eigenvalue weighted by atomic mass is 16.3. The molecule has 0 bridgehead atoms. The van der Waals surface area contributed by atoms with Crippen LogP contribution in [0.2, 0.25) is 0 Å². The summed E-state index contributed by atoms with van der Waals surface area (Å²) in [7, 11) is 0. The summed E-state index contributed by atoms with van der Waals surface area (Å²) in [5, 5.41) is 6.75. The molecule has 11 rings (SSSR count). The van der Waals surface area contributed by atoms with E-state index in [0.717, 1.165) is 66.2 Å². The number of aromatic nitrogens is 4. The number of rotatable bonds is 5. The Kier molecular flexibility index (Phi) is 6.79. The predicted octanol–water partition coefficient (Wildman–Crippen LogP) is 12.7. The van der Waals surface area contributed by atoms with Crippen molar-refractivity contribution in [3.63, 3.8) is 0 Å². The molecule has 0 spiro atoms. The molecule has 54 heavy (non-hydrogen) atoms. The van der Waals surface area contributed by atoms with Crippen molar-refractivity contribution >= 4 is 54.5 Å². The second-order valence-corrected chi connectivity index (χ2v) is 13.6. The molecule has 252 valence electrons. The third-order valence-corrected chi connectivity index (χ3v) is 10.4. The van der Waals surface area contributed by atoms with Crippen molar-refractivity contribution in [2.24, 2.45) is 0 Å². The van der Waals surface area contributed by atoms with Gasteiger partial charge in [-0.3, -0.25) is 0 Å². The number of benzene rings is 8. The summed E-state index contributed by atoms with van der Waals surface area (Å²) in [6.45, 7) is 0. The molecule has 3 heterocycles. The second kappa shape index (κ2) is 12.1. The zero-order valence-electron chi connectivity index (χ0n) is 29.0. The third kappa shape index (κ3) is 4.83. The summed E-state index contributed by atoms with van der Waals surface area (Å²) in [6.07, 6.45) is 0. The van der Waals surface area contributed by atoms with Gasteiger partial charge in [-0.05, 0) is 59.0 Å². The Labute approximate surface area is 310 Å². The maximum Gasteiger partial charge on any atom is 0.167 e. The molecule has 5 nitrogen and oxygen atoms in total. The maximum absolute atomic E-state index is 6.88. The Morgan fingerprint density at radius 3 is 1.56 bits per heavy atom. The van der Waals surface area contributed by atoms with Gasteiger partial charge in [-0.1, -0.05) is 140 Å². The van der Waals surface area contributed by atoms with Gasteiger partial charge in [0.15, 0.2) is 17.5 Å². The first-order valence-corrected chi connectivity index (χ1v) is 18.1. The monoisotopic (exact) mass is 690 g/mol. The molecule has 11 aromatic rings. The van der Waals surface area contributed by atoms with Gasteiger partial charge in [0, 0.05) is 43.7 Å². The van der Waals surface area contributed by atoms with Gasteiger partial charge in [0.25, 0.3) is 0 Å². The van der Waals surface area contributed by atoms with E-state index in [1.54, 1.807) is 0 Å². The van der Waals surface area contributed by atoms with Crippen LogP contribution in [0.15, 0.2) is 186 Å². The number of fused-ring (bicyclic) bond motifs is 8. The summed E-state index contributed by atoms with van der Waals surface area (Å²) in [6, 6.07) is 63.3. The highest BCUT2D eigenvalue weighted by molar-refractivity contribution is 6.18. The van der Waals surface area contributed by atoms with Gasteiger partial charge >= 0.3 is 0 Å². The molecule has 0 radical (unpaired) electrons. The predicted molar refractivity (Wildman–Crippen MR) is 221 cm³/mol. The summed E-state index contributed by atoms with van der Waals surface area (Å²) in [4.78, 5) is 15.2. The lowest BCUT2D eigenvalue weighted by molar-refractivity contribution is 0.673. The Hall–Kier alpha value is -7.37. The maximum atomic E-state index is 6.88. The van der Waals surface area contributed by atoms with E-state index < -0.39 is 0 Å². The number of hydrogen-bond acceptors (Lipinski definition) is 4. The van der Waals surface area contributed by atoms with E-state index in [-0.39, 0.29) is 0 Å². The van der Waals surface area contributed by atoms with Crippen LogP contribution in [0.1, 0.15) is 0 Å². The van der Waals surface area contributed by atoms with Gasteiger partial charge in [0.1, 0.15) is 11.2 Å². The van der Waals surface area contributed by atoms with E-state index in [2.05, 4.69) is 126 Å². The average molecular weight is 691 g/mol. The van der Waals surface area contributed by atoms with Crippen LogP contribution in [-0.2, 0) is 0 Å². The molecule has 0 atom stereocenters. The molecule has 0 N–H and O–H groups in total. The van der Waals surface area contributed by atoms with Crippen molar-refractivity contribution in [2.45, 2.75) is 0 Å². The van der Waals surface area contributed by atoms with Crippen molar-refractivity contribution in [1.82, 2.24) is 19.5 Å². The quantitative estimate of drug-likeness (QED) is 0.180. The van der Waals surface area contributed by atoms with Crippen LogP contribution in [0.4, 0.5) is 0 Å². The molecule has 0 unspecified atom stereocenters. The minimum absolute atomic E-state index is 0.555. The number of para-hydroxylation sites is 2. The highest BCUT2D eigenvalue weighted by Crippen LogP contribution is 2.42. The topological polar surface area (TPSA) is 56.7 Å². The molecule has 0 aliphatic heterocycles. The Morgan fingerprint density at radius 1 is 0.352 bits per heavy atom. The molecular formula is C49H30N4O. The zero-order valence-corrected chi connectivity index (χ0v) is 29.0. The van der Waals surface area contributed by atoms with E-state index >= 15 is 0 Å². The SMILES string of the molecule is c1ccc(-c2nc(-c3ccccc3)nc(-c3cc(-c4ccc(-n5c6ccccc6c6ccccc65)cc4)cc4c3oc3c5ccccc5ccc43)n2)cc1. The Balaban J connectivity index is 1.15. The molecular weight excluding hydrogens is 661 g/mol. The second-order valence-electron chi connectivity index (χ2n) is 13.6.